The van der Waals surface area contributed by atoms with Crippen molar-refractivity contribution in [2.24, 2.45) is 0 Å². The zero-order valence-corrected chi connectivity index (χ0v) is 11.5. The molecule has 0 spiro atoms. The Morgan fingerprint density at radius 3 is 2.40 bits per heavy atom. The number of carbonyl (C=O) groups is 2. The van der Waals surface area contributed by atoms with Crippen LogP contribution in [0, 0.1) is 0 Å². The molecule has 6 heteroatoms. The molecule has 1 aromatic rings. The molecule has 0 aliphatic carbocycles. The highest BCUT2D eigenvalue weighted by Gasteiger charge is 2.19. The number of amides is 2. The molecule has 0 unspecified atom stereocenters. The number of benzene rings is 1. The minimum atomic E-state index is -0.710. The van der Waals surface area contributed by atoms with E-state index in [4.69, 9.17) is 0 Å². The first-order valence-corrected chi connectivity index (χ1v) is 6.59. The first kappa shape index (κ1) is 14.3. The van der Waals surface area contributed by atoms with Crippen molar-refractivity contribution in [1.82, 2.24) is 10.2 Å². The van der Waals surface area contributed by atoms with Crippen LogP contribution in [0.25, 0.3) is 0 Å². The van der Waals surface area contributed by atoms with Gasteiger partial charge in [0.25, 0.3) is 0 Å². The van der Waals surface area contributed by atoms with Gasteiger partial charge in [0, 0.05) is 31.9 Å². The second kappa shape index (κ2) is 6.91. The van der Waals surface area contributed by atoms with Crippen molar-refractivity contribution in [1.29, 1.82) is 0 Å². The summed E-state index contributed by atoms with van der Waals surface area (Å²) >= 11 is 0. The van der Waals surface area contributed by atoms with E-state index in [9.17, 15) is 9.59 Å². The number of nitrogens with zero attached hydrogens (tertiary/aromatic N) is 2. The Morgan fingerprint density at radius 1 is 1.15 bits per heavy atom. The van der Waals surface area contributed by atoms with Gasteiger partial charge in [-0.05, 0) is 12.1 Å². The molecule has 0 atom stereocenters. The Hall–Kier alpha value is -2.08. The number of imide groups is 1. The normalized spacial score (nSPS) is 15.8. The van der Waals surface area contributed by atoms with Gasteiger partial charge in [-0.15, -0.1) is 0 Å². The molecule has 1 fully saturated rings. The zero-order valence-electron chi connectivity index (χ0n) is 11.5. The molecule has 2 rings (SSSR count). The van der Waals surface area contributed by atoms with E-state index in [-0.39, 0.29) is 12.5 Å². The number of alkyl carbamates (subject to hydrolysis) is 1. The molecular formula is C14H19N3O3. The van der Waals surface area contributed by atoms with Crippen LogP contribution < -0.4 is 10.2 Å². The van der Waals surface area contributed by atoms with Crippen molar-refractivity contribution in [2.45, 2.75) is 0 Å². The molecule has 0 aromatic heterocycles. The standard InChI is InChI=1S/C14H19N3O3/c1-20-14(19)15-13(18)11-16-7-9-17(10-8-16)12-5-3-2-4-6-12/h2-6H,7-11H2,1H3,(H,15,18,19). The Labute approximate surface area is 118 Å². The number of piperazine rings is 1. The number of anilines is 1. The fourth-order valence-corrected chi connectivity index (χ4v) is 2.21. The first-order valence-electron chi connectivity index (χ1n) is 6.59. The molecule has 1 heterocycles. The van der Waals surface area contributed by atoms with E-state index < -0.39 is 6.09 Å². The van der Waals surface area contributed by atoms with Gasteiger partial charge in [-0.2, -0.15) is 0 Å². The van der Waals surface area contributed by atoms with Crippen molar-refractivity contribution in [3.05, 3.63) is 30.3 Å². The predicted octanol–water partition coefficient (Wildman–Crippen LogP) is 0.691. The fourth-order valence-electron chi connectivity index (χ4n) is 2.21. The zero-order chi connectivity index (χ0) is 14.4. The van der Waals surface area contributed by atoms with Gasteiger partial charge in [0.2, 0.25) is 5.91 Å². The van der Waals surface area contributed by atoms with E-state index >= 15 is 0 Å². The van der Waals surface area contributed by atoms with Gasteiger partial charge in [0.1, 0.15) is 0 Å². The van der Waals surface area contributed by atoms with E-state index in [2.05, 4.69) is 27.1 Å². The summed E-state index contributed by atoms with van der Waals surface area (Å²) in [6.45, 7) is 3.55. The first-order chi connectivity index (χ1) is 9.69. The largest absolute Gasteiger partial charge is 0.453 e. The van der Waals surface area contributed by atoms with Gasteiger partial charge < -0.3 is 9.64 Å². The van der Waals surface area contributed by atoms with Crippen LogP contribution in [0.1, 0.15) is 0 Å². The predicted molar refractivity (Wildman–Crippen MR) is 75.6 cm³/mol. The van der Waals surface area contributed by atoms with Crippen molar-refractivity contribution >= 4 is 17.7 Å². The lowest BCUT2D eigenvalue weighted by Gasteiger charge is -2.35. The molecule has 1 N–H and O–H groups in total. The molecule has 0 saturated carbocycles. The van der Waals surface area contributed by atoms with E-state index in [1.54, 1.807) is 0 Å². The maximum atomic E-state index is 11.6. The Morgan fingerprint density at radius 2 is 1.80 bits per heavy atom. The van der Waals surface area contributed by atoms with Crippen molar-refractivity contribution < 1.29 is 14.3 Å². The summed E-state index contributed by atoms with van der Waals surface area (Å²) in [5.41, 5.74) is 1.20. The van der Waals surface area contributed by atoms with Gasteiger partial charge in [0.15, 0.2) is 0 Å². The van der Waals surface area contributed by atoms with Crippen LogP contribution in [0.15, 0.2) is 30.3 Å². The molecule has 6 nitrogen and oxygen atoms in total. The van der Waals surface area contributed by atoms with Crippen LogP contribution >= 0.6 is 0 Å². The number of hydrogen-bond acceptors (Lipinski definition) is 5. The maximum absolute atomic E-state index is 11.6. The molecule has 20 heavy (non-hydrogen) atoms. The molecule has 108 valence electrons. The van der Waals surface area contributed by atoms with Crippen LogP contribution in [0.5, 0.6) is 0 Å². The van der Waals surface area contributed by atoms with Crippen molar-refractivity contribution in [2.75, 3.05) is 44.7 Å². The quantitative estimate of drug-likeness (QED) is 0.881. The third kappa shape index (κ3) is 3.96. The number of hydrogen-bond donors (Lipinski definition) is 1. The van der Waals surface area contributed by atoms with Gasteiger partial charge in [0.05, 0.1) is 13.7 Å². The van der Waals surface area contributed by atoms with Crippen molar-refractivity contribution in [3.63, 3.8) is 0 Å². The van der Waals surface area contributed by atoms with Gasteiger partial charge in [-0.1, -0.05) is 18.2 Å². The third-order valence-corrected chi connectivity index (χ3v) is 3.29. The van der Waals surface area contributed by atoms with Crippen LogP contribution in [0.3, 0.4) is 0 Å². The highest BCUT2D eigenvalue weighted by molar-refractivity contribution is 5.92. The summed E-state index contributed by atoms with van der Waals surface area (Å²) in [5.74, 6) is -0.329. The summed E-state index contributed by atoms with van der Waals surface area (Å²) in [6.07, 6.45) is -0.710. The number of rotatable bonds is 3. The minimum Gasteiger partial charge on any atom is -0.453 e. The molecule has 1 saturated heterocycles. The third-order valence-electron chi connectivity index (χ3n) is 3.29. The Kier molecular flexibility index (Phi) is 4.95. The number of ether oxygens (including phenoxy) is 1. The molecular weight excluding hydrogens is 258 g/mol. The van der Waals surface area contributed by atoms with E-state index in [1.807, 2.05) is 23.1 Å². The summed E-state index contributed by atoms with van der Waals surface area (Å²) in [6, 6.07) is 10.2. The second-order valence-electron chi connectivity index (χ2n) is 4.64. The van der Waals surface area contributed by atoms with Gasteiger partial charge in [-0.3, -0.25) is 15.0 Å². The lowest BCUT2D eigenvalue weighted by atomic mass is 10.2. The number of para-hydroxylation sites is 1. The van der Waals surface area contributed by atoms with Crippen LogP contribution in [0.4, 0.5) is 10.5 Å². The summed E-state index contributed by atoms with van der Waals surface area (Å²) < 4.78 is 4.39. The lowest BCUT2D eigenvalue weighted by molar-refractivity contribution is -0.121. The molecule has 0 radical (unpaired) electrons. The summed E-state index contributed by atoms with van der Waals surface area (Å²) in [7, 11) is 1.24. The number of nitrogens with one attached hydrogen (secondary N) is 1. The monoisotopic (exact) mass is 277 g/mol. The highest BCUT2D eigenvalue weighted by atomic mass is 16.5. The Bertz CT molecular complexity index is 456. The number of methoxy groups -OCH3 is 1. The van der Waals surface area contributed by atoms with Crippen LogP contribution in [-0.4, -0.2) is 56.7 Å². The van der Waals surface area contributed by atoms with E-state index in [0.717, 1.165) is 26.2 Å². The van der Waals surface area contributed by atoms with Crippen molar-refractivity contribution in [3.8, 4) is 0 Å². The average Bonchev–Trinajstić information content (AvgIpc) is 2.48. The topological polar surface area (TPSA) is 61.9 Å². The molecule has 1 aromatic carbocycles. The Balaban J connectivity index is 1.77. The van der Waals surface area contributed by atoms with Gasteiger partial charge >= 0.3 is 6.09 Å². The molecule has 1 aliphatic rings. The molecule has 1 aliphatic heterocycles. The maximum Gasteiger partial charge on any atom is 0.413 e. The van der Waals surface area contributed by atoms with Gasteiger partial charge in [-0.25, -0.2) is 4.79 Å². The smallest absolute Gasteiger partial charge is 0.413 e. The van der Waals surface area contributed by atoms with E-state index in [1.165, 1.54) is 12.8 Å². The average molecular weight is 277 g/mol. The molecule has 2 amide bonds. The van der Waals surface area contributed by atoms with Crippen LogP contribution in [0.2, 0.25) is 0 Å². The van der Waals surface area contributed by atoms with Crippen LogP contribution in [-0.2, 0) is 9.53 Å². The fraction of sp³-hybridized carbons (Fsp3) is 0.429. The number of carbonyl (C=O) groups excluding carboxylic acids is 2. The molecule has 0 bridgehead atoms. The summed E-state index contributed by atoms with van der Waals surface area (Å²) in [5, 5.41) is 2.16. The second-order valence-corrected chi connectivity index (χ2v) is 4.64. The minimum absolute atomic E-state index is 0.220. The van der Waals surface area contributed by atoms with E-state index in [0.29, 0.717) is 0 Å². The summed E-state index contributed by atoms with van der Waals surface area (Å²) in [4.78, 5) is 26.8. The lowest BCUT2D eigenvalue weighted by Crippen LogP contribution is -2.50. The SMILES string of the molecule is COC(=O)NC(=O)CN1CCN(c2ccccc2)CC1. The highest BCUT2D eigenvalue weighted by Crippen LogP contribution is 2.15.